The first-order valence-electron chi connectivity index (χ1n) is 9.35. The summed E-state index contributed by atoms with van der Waals surface area (Å²) in [5, 5.41) is 8.18. The fourth-order valence-electron chi connectivity index (χ4n) is 2.89. The molecule has 0 aliphatic rings. The third-order valence-electron chi connectivity index (χ3n) is 4.40. The van der Waals surface area contributed by atoms with Crippen molar-refractivity contribution < 1.29 is 18.7 Å². The first-order chi connectivity index (χ1) is 14.5. The van der Waals surface area contributed by atoms with Crippen molar-refractivity contribution in [3.05, 3.63) is 89.8 Å². The maximum Gasteiger partial charge on any atom is 0.344 e. The minimum atomic E-state index is -0.547. The van der Waals surface area contributed by atoms with Gasteiger partial charge in [-0.25, -0.2) is 9.59 Å². The van der Waals surface area contributed by atoms with E-state index >= 15 is 0 Å². The molecule has 0 spiro atoms. The van der Waals surface area contributed by atoms with Gasteiger partial charge in [0.05, 0.1) is 12.2 Å². The number of benzene rings is 2. The van der Waals surface area contributed by atoms with Crippen molar-refractivity contribution in [2.75, 3.05) is 6.61 Å². The second kappa shape index (κ2) is 9.52. The zero-order valence-corrected chi connectivity index (χ0v) is 16.4. The second-order valence-corrected chi connectivity index (χ2v) is 6.49. The zero-order valence-electron chi connectivity index (χ0n) is 16.4. The highest BCUT2D eigenvalue weighted by molar-refractivity contribution is 5.84. The Kier molecular flexibility index (Phi) is 6.60. The normalized spacial score (nSPS) is 10.4. The van der Waals surface area contributed by atoms with Gasteiger partial charge in [-0.2, -0.15) is 0 Å². The average Bonchev–Trinajstić information content (AvgIpc) is 2.76. The molecule has 30 heavy (non-hydrogen) atoms. The first kappa shape index (κ1) is 20.8. The number of fused-ring (bicyclic) bond motifs is 1. The number of carbonyl (C=O) groups is 1. The predicted molar refractivity (Wildman–Crippen MR) is 116 cm³/mol. The molecule has 1 aromatic heterocycles. The Bertz CT molecular complexity index is 1160. The quantitative estimate of drug-likeness (QED) is 0.112. The van der Waals surface area contributed by atoms with Crippen LogP contribution in [0, 0.1) is 5.41 Å². The van der Waals surface area contributed by atoms with Crippen LogP contribution in [0.25, 0.3) is 22.1 Å². The summed E-state index contributed by atoms with van der Waals surface area (Å²) in [5.74, 6) is -0.126. The van der Waals surface area contributed by atoms with Crippen molar-refractivity contribution in [1.29, 1.82) is 5.41 Å². The summed E-state index contributed by atoms with van der Waals surface area (Å²) in [5.41, 5.74) is 2.17. The molecular weight excluding hydrogens is 382 g/mol. The molecular formula is C24H21NO5. The Labute approximate surface area is 173 Å². The number of aryl methyl sites for hydroxylation is 1. The summed E-state index contributed by atoms with van der Waals surface area (Å²) in [6.07, 6.45) is 3.90. The Hall–Kier alpha value is -3.93. The molecule has 3 aromatic rings. The maximum atomic E-state index is 12.5. The molecule has 2 aromatic carbocycles. The Morgan fingerprint density at radius 2 is 1.83 bits per heavy atom. The Morgan fingerprint density at radius 3 is 2.53 bits per heavy atom. The molecule has 0 unspecified atom stereocenters. The summed E-state index contributed by atoms with van der Waals surface area (Å²) in [6.45, 7) is 7.25. The van der Waals surface area contributed by atoms with E-state index in [2.05, 4.69) is 13.2 Å². The molecule has 0 aliphatic carbocycles. The van der Waals surface area contributed by atoms with Gasteiger partial charge < -0.3 is 13.9 Å². The molecule has 6 heteroatoms. The fraction of sp³-hybridized carbons (Fsp3) is 0.125. The molecule has 1 N–H and O–H groups in total. The molecule has 0 radical (unpaired) electrons. The molecule has 0 atom stereocenters. The lowest BCUT2D eigenvalue weighted by Gasteiger charge is -2.07. The van der Waals surface area contributed by atoms with Crippen LogP contribution in [0.1, 0.15) is 12.0 Å². The predicted octanol–water partition coefficient (Wildman–Crippen LogP) is 4.66. The summed E-state index contributed by atoms with van der Waals surface area (Å²) in [6, 6.07) is 14.1. The summed E-state index contributed by atoms with van der Waals surface area (Å²) in [4.78, 5) is 23.8. The number of hydrogen-bond donors (Lipinski definition) is 1. The largest absolute Gasteiger partial charge is 0.478 e. The first-order valence-corrected chi connectivity index (χ1v) is 9.35. The number of nitrogens with one attached hydrogen (secondary N) is 1. The smallest absolute Gasteiger partial charge is 0.344 e. The number of rotatable bonds is 8. The number of carbonyl (C=O) groups excluding carboxylic acids is 1. The highest BCUT2D eigenvalue weighted by Crippen LogP contribution is 2.24. The van der Waals surface area contributed by atoms with Crippen LogP contribution in [0.4, 0.5) is 0 Å². The molecule has 6 nitrogen and oxygen atoms in total. The minimum absolute atomic E-state index is 0.0546. The van der Waals surface area contributed by atoms with Crippen LogP contribution in [-0.2, 0) is 16.0 Å². The van der Waals surface area contributed by atoms with Crippen molar-refractivity contribution in [3.63, 3.8) is 0 Å². The van der Waals surface area contributed by atoms with Crippen molar-refractivity contribution in [2.45, 2.75) is 12.8 Å². The van der Waals surface area contributed by atoms with Gasteiger partial charge in [-0.3, -0.25) is 5.41 Å². The van der Waals surface area contributed by atoms with Crippen molar-refractivity contribution in [2.24, 2.45) is 0 Å². The monoisotopic (exact) mass is 403 g/mol. The topological polar surface area (TPSA) is 89.6 Å². The van der Waals surface area contributed by atoms with Gasteiger partial charge in [0.1, 0.15) is 11.3 Å². The number of ether oxygens (including phenoxy) is 2. The Morgan fingerprint density at radius 1 is 1.07 bits per heavy atom. The molecule has 0 bridgehead atoms. The van der Waals surface area contributed by atoms with Gasteiger partial charge in [-0.15, -0.1) is 0 Å². The van der Waals surface area contributed by atoms with Gasteiger partial charge in [0.15, 0.2) is 0 Å². The van der Waals surface area contributed by atoms with Gasteiger partial charge in [-0.05, 0) is 54.3 Å². The van der Waals surface area contributed by atoms with E-state index in [0.29, 0.717) is 29.1 Å². The van der Waals surface area contributed by atoms with Crippen LogP contribution in [0.2, 0.25) is 0 Å². The number of hydrogen-bond acceptors (Lipinski definition) is 6. The van der Waals surface area contributed by atoms with Crippen molar-refractivity contribution in [3.8, 4) is 16.9 Å². The van der Waals surface area contributed by atoms with Gasteiger partial charge in [0, 0.05) is 11.5 Å². The van der Waals surface area contributed by atoms with Gasteiger partial charge >= 0.3 is 11.6 Å². The van der Waals surface area contributed by atoms with E-state index in [1.807, 2.05) is 18.2 Å². The third kappa shape index (κ3) is 5.11. The third-order valence-corrected chi connectivity index (χ3v) is 4.40. The van der Waals surface area contributed by atoms with E-state index in [9.17, 15) is 9.59 Å². The lowest BCUT2D eigenvalue weighted by atomic mass is 10.0. The Balaban J connectivity index is 1.76. The minimum Gasteiger partial charge on any atom is -0.478 e. The average molecular weight is 403 g/mol. The van der Waals surface area contributed by atoms with E-state index in [0.717, 1.165) is 29.9 Å². The number of esters is 1. The molecule has 0 aliphatic heterocycles. The van der Waals surface area contributed by atoms with Crippen LogP contribution >= 0.6 is 0 Å². The molecule has 0 saturated heterocycles. The van der Waals surface area contributed by atoms with Crippen LogP contribution < -0.4 is 10.4 Å². The van der Waals surface area contributed by atoms with Crippen LogP contribution in [0.15, 0.2) is 83.1 Å². The van der Waals surface area contributed by atoms with Crippen LogP contribution in [0.3, 0.4) is 0 Å². The van der Waals surface area contributed by atoms with Crippen molar-refractivity contribution in [1.82, 2.24) is 0 Å². The molecule has 0 saturated carbocycles. The van der Waals surface area contributed by atoms with Gasteiger partial charge in [0.2, 0.25) is 5.90 Å². The van der Waals surface area contributed by atoms with E-state index < -0.39 is 11.6 Å². The maximum absolute atomic E-state index is 12.5. The van der Waals surface area contributed by atoms with Crippen LogP contribution in [-0.4, -0.2) is 18.5 Å². The van der Waals surface area contributed by atoms with E-state index in [1.165, 1.54) is 6.08 Å². The lowest BCUT2D eigenvalue weighted by molar-refractivity contribution is -0.128. The highest BCUT2D eigenvalue weighted by Gasteiger charge is 2.09. The van der Waals surface area contributed by atoms with Crippen LogP contribution in [0.5, 0.6) is 5.75 Å². The molecule has 3 rings (SSSR count). The van der Waals surface area contributed by atoms with Crippen molar-refractivity contribution >= 4 is 22.8 Å². The second-order valence-electron chi connectivity index (χ2n) is 6.49. The fourth-order valence-corrected chi connectivity index (χ4v) is 2.89. The molecule has 1 heterocycles. The summed E-state index contributed by atoms with van der Waals surface area (Å²) < 4.78 is 15.8. The SMILES string of the molecule is C=CC(=N)OCCCc1ccc2cc(-c3ccc(OC(=O)C=C)cc3)c(=O)oc2c1. The highest BCUT2D eigenvalue weighted by atomic mass is 16.5. The van der Waals surface area contributed by atoms with E-state index in [1.54, 1.807) is 30.3 Å². The van der Waals surface area contributed by atoms with E-state index in [4.69, 9.17) is 19.3 Å². The van der Waals surface area contributed by atoms with Gasteiger partial charge in [0.25, 0.3) is 0 Å². The standard InChI is InChI=1S/C24H21NO5/c1-3-22(25)28-13-5-6-16-7-8-18-15-20(24(27)30-21(18)14-16)17-9-11-19(12-10-17)29-23(26)4-2/h3-4,7-12,14-15,25H,1-2,5-6,13H2. The summed E-state index contributed by atoms with van der Waals surface area (Å²) >= 11 is 0. The zero-order chi connectivity index (χ0) is 21.5. The molecule has 0 amide bonds. The van der Waals surface area contributed by atoms with E-state index in [-0.39, 0.29) is 5.90 Å². The molecule has 152 valence electrons. The summed E-state index contributed by atoms with van der Waals surface area (Å²) in [7, 11) is 0. The lowest BCUT2D eigenvalue weighted by Crippen LogP contribution is -2.04. The molecule has 0 fully saturated rings. The van der Waals surface area contributed by atoms with Gasteiger partial charge in [-0.1, -0.05) is 37.4 Å².